The summed E-state index contributed by atoms with van der Waals surface area (Å²) in [6, 6.07) is 6.30. The molecule has 2 amide bonds. The minimum Gasteiger partial charge on any atom is -0.482 e. The molecule has 7 nitrogen and oxygen atoms in total. The summed E-state index contributed by atoms with van der Waals surface area (Å²) in [7, 11) is -3.63. The van der Waals surface area contributed by atoms with Crippen molar-refractivity contribution in [1.82, 2.24) is 5.32 Å². The molecule has 0 bridgehead atoms. The molecule has 2 aromatic rings. The second-order valence-corrected chi connectivity index (χ2v) is 9.30. The Hall–Kier alpha value is -2.39. The number of thiophene rings is 1. The second-order valence-electron chi connectivity index (χ2n) is 6.19. The SMILES string of the molecule is Cc1ccsc1CCNC(=O)CCS(=O)(=O)c1ccc2c(c1)OCC(=O)N2. The minimum absolute atomic E-state index is 0.0689. The van der Waals surface area contributed by atoms with Crippen molar-refractivity contribution in [3.63, 3.8) is 0 Å². The molecule has 1 aromatic carbocycles. The summed E-state index contributed by atoms with van der Waals surface area (Å²) in [5.41, 5.74) is 1.63. The minimum atomic E-state index is -3.63. The maximum Gasteiger partial charge on any atom is 0.262 e. The summed E-state index contributed by atoms with van der Waals surface area (Å²) in [6.07, 6.45) is 0.621. The number of sulfone groups is 1. The molecule has 0 saturated carbocycles. The lowest BCUT2D eigenvalue weighted by Crippen LogP contribution is -2.27. The van der Waals surface area contributed by atoms with E-state index in [0.29, 0.717) is 18.0 Å². The number of hydrogen-bond acceptors (Lipinski definition) is 6. The Morgan fingerprint density at radius 2 is 2.15 bits per heavy atom. The zero-order chi connectivity index (χ0) is 19.4. The zero-order valence-electron chi connectivity index (χ0n) is 14.8. The van der Waals surface area contributed by atoms with Crippen LogP contribution in [0.1, 0.15) is 16.9 Å². The quantitative estimate of drug-likeness (QED) is 0.729. The van der Waals surface area contributed by atoms with E-state index in [1.54, 1.807) is 11.3 Å². The Morgan fingerprint density at radius 1 is 1.33 bits per heavy atom. The lowest BCUT2D eigenvalue weighted by atomic mass is 10.2. The summed E-state index contributed by atoms with van der Waals surface area (Å²) in [6.45, 7) is 2.35. The molecule has 1 aliphatic rings. The van der Waals surface area contributed by atoms with E-state index in [-0.39, 0.29) is 35.5 Å². The van der Waals surface area contributed by atoms with E-state index in [9.17, 15) is 18.0 Å². The molecule has 1 aromatic heterocycles. The number of rotatable bonds is 7. The molecule has 144 valence electrons. The number of ether oxygens (including phenoxy) is 1. The van der Waals surface area contributed by atoms with Gasteiger partial charge in [0.15, 0.2) is 16.4 Å². The van der Waals surface area contributed by atoms with Gasteiger partial charge in [0.1, 0.15) is 5.75 Å². The highest BCUT2D eigenvalue weighted by atomic mass is 32.2. The topological polar surface area (TPSA) is 102 Å². The summed E-state index contributed by atoms with van der Waals surface area (Å²) in [5.74, 6) is -0.560. The van der Waals surface area contributed by atoms with E-state index >= 15 is 0 Å². The molecule has 0 unspecified atom stereocenters. The number of carbonyl (C=O) groups excluding carboxylic acids is 2. The summed E-state index contributed by atoms with van der Waals surface area (Å²) < 4.78 is 30.2. The van der Waals surface area contributed by atoms with Gasteiger partial charge in [-0.25, -0.2) is 8.42 Å². The van der Waals surface area contributed by atoms with Crippen LogP contribution in [0.15, 0.2) is 34.5 Å². The molecule has 3 rings (SSSR count). The number of nitrogens with one attached hydrogen (secondary N) is 2. The van der Waals surface area contributed by atoms with Crippen molar-refractivity contribution >= 4 is 38.7 Å². The largest absolute Gasteiger partial charge is 0.482 e. The Balaban J connectivity index is 1.53. The van der Waals surface area contributed by atoms with E-state index < -0.39 is 9.84 Å². The van der Waals surface area contributed by atoms with Crippen LogP contribution in [-0.2, 0) is 25.8 Å². The number of benzene rings is 1. The van der Waals surface area contributed by atoms with Crippen molar-refractivity contribution < 1.29 is 22.7 Å². The molecule has 0 radical (unpaired) electrons. The summed E-state index contributed by atoms with van der Waals surface area (Å²) >= 11 is 1.64. The van der Waals surface area contributed by atoms with Gasteiger partial charge in [-0.15, -0.1) is 11.3 Å². The fourth-order valence-electron chi connectivity index (χ4n) is 2.66. The molecule has 0 aliphatic carbocycles. The molecule has 0 spiro atoms. The van der Waals surface area contributed by atoms with Crippen molar-refractivity contribution in [3.8, 4) is 5.75 Å². The lowest BCUT2D eigenvalue weighted by Gasteiger charge is -2.18. The summed E-state index contributed by atoms with van der Waals surface area (Å²) in [4.78, 5) is 24.5. The standard InChI is InChI=1S/C18H20N2O5S2/c1-12-5-8-26-16(12)4-7-19-17(21)6-9-27(23,24)13-2-3-14-15(10-13)25-11-18(22)20-14/h2-3,5,8,10H,4,6-7,9,11H2,1H3,(H,19,21)(H,20,22). The predicted octanol–water partition coefficient (Wildman–Crippen LogP) is 1.91. The van der Waals surface area contributed by atoms with Crippen molar-refractivity contribution in [2.24, 2.45) is 0 Å². The van der Waals surface area contributed by atoms with Gasteiger partial charge in [0.2, 0.25) is 5.91 Å². The Morgan fingerprint density at radius 3 is 2.89 bits per heavy atom. The van der Waals surface area contributed by atoms with E-state index in [1.807, 2.05) is 18.4 Å². The molecule has 0 atom stereocenters. The number of hydrogen-bond donors (Lipinski definition) is 2. The normalized spacial score (nSPS) is 13.4. The second kappa shape index (κ2) is 8.10. The van der Waals surface area contributed by atoms with Crippen LogP contribution in [-0.4, -0.2) is 39.1 Å². The Labute approximate surface area is 161 Å². The average Bonchev–Trinajstić information content (AvgIpc) is 3.04. The molecule has 0 saturated heterocycles. The molecule has 27 heavy (non-hydrogen) atoms. The maximum absolute atomic E-state index is 12.5. The number of amides is 2. The van der Waals surface area contributed by atoms with Crippen LogP contribution in [0.3, 0.4) is 0 Å². The van der Waals surface area contributed by atoms with Crippen LogP contribution in [0.2, 0.25) is 0 Å². The van der Waals surface area contributed by atoms with Gasteiger partial charge in [-0.05, 0) is 42.5 Å². The van der Waals surface area contributed by atoms with Gasteiger partial charge in [0.25, 0.3) is 5.91 Å². The number of aryl methyl sites for hydroxylation is 1. The van der Waals surface area contributed by atoms with Crippen molar-refractivity contribution in [3.05, 3.63) is 40.1 Å². The van der Waals surface area contributed by atoms with E-state index in [2.05, 4.69) is 10.6 Å². The first-order valence-corrected chi connectivity index (χ1v) is 11.0. The molecule has 2 N–H and O–H groups in total. The van der Waals surface area contributed by atoms with Crippen LogP contribution in [0.5, 0.6) is 5.75 Å². The molecular weight excluding hydrogens is 388 g/mol. The van der Waals surface area contributed by atoms with E-state index in [0.717, 1.165) is 6.42 Å². The van der Waals surface area contributed by atoms with Crippen LogP contribution in [0.4, 0.5) is 5.69 Å². The van der Waals surface area contributed by atoms with Crippen LogP contribution < -0.4 is 15.4 Å². The Bertz CT molecular complexity index is 966. The smallest absolute Gasteiger partial charge is 0.262 e. The fraction of sp³-hybridized carbons (Fsp3) is 0.333. The van der Waals surface area contributed by atoms with Crippen molar-refractivity contribution in [2.45, 2.75) is 24.7 Å². The average molecular weight is 409 g/mol. The molecule has 0 fully saturated rings. The number of carbonyl (C=O) groups is 2. The Kier molecular flexibility index (Phi) is 5.81. The van der Waals surface area contributed by atoms with Gasteiger partial charge in [0.05, 0.1) is 16.3 Å². The van der Waals surface area contributed by atoms with Gasteiger partial charge in [0, 0.05) is 23.9 Å². The van der Waals surface area contributed by atoms with Crippen LogP contribution in [0, 0.1) is 6.92 Å². The van der Waals surface area contributed by atoms with Gasteiger partial charge < -0.3 is 15.4 Å². The third-order valence-electron chi connectivity index (χ3n) is 4.19. The van der Waals surface area contributed by atoms with E-state index in [1.165, 1.54) is 28.6 Å². The highest BCUT2D eigenvalue weighted by Crippen LogP contribution is 2.30. The summed E-state index contributed by atoms with van der Waals surface area (Å²) in [5, 5.41) is 7.37. The van der Waals surface area contributed by atoms with Crippen molar-refractivity contribution in [1.29, 1.82) is 0 Å². The molecular formula is C18H20N2O5S2. The lowest BCUT2D eigenvalue weighted by molar-refractivity contribution is -0.120. The highest BCUT2D eigenvalue weighted by molar-refractivity contribution is 7.91. The van der Waals surface area contributed by atoms with Gasteiger partial charge in [-0.2, -0.15) is 0 Å². The predicted molar refractivity (Wildman–Crippen MR) is 103 cm³/mol. The molecule has 9 heteroatoms. The fourth-order valence-corrected chi connectivity index (χ4v) is 4.82. The first-order chi connectivity index (χ1) is 12.8. The van der Waals surface area contributed by atoms with Crippen LogP contribution in [0.25, 0.3) is 0 Å². The third kappa shape index (κ3) is 4.86. The monoisotopic (exact) mass is 408 g/mol. The van der Waals surface area contributed by atoms with Gasteiger partial charge >= 0.3 is 0 Å². The van der Waals surface area contributed by atoms with Crippen LogP contribution >= 0.6 is 11.3 Å². The van der Waals surface area contributed by atoms with Gasteiger partial charge in [-0.3, -0.25) is 9.59 Å². The molecule has 1 aliphatic heterocycles. The van der Waals surface area contributed by atoms with E-state index in [4.69, 9.17) is 4.74 Å². The first kappa shape index (κ1) is 19.4. The molecule has 2 heterocycles. The third-order valence-corrected chi connectivity index (χ3v) is 6.98. The maximum atomic E-state index is 12.5. The number of fused-ring (bicyclic) bond motifs is 1. The highest BCUT2D eigenvalue weighted by Gasteiger charge is 2.21. The van der Waals surface area contributed by atoms with Gasteiger partial charge in [-0.1, -0.05) is 0 Å². The van der Waals surface area contributed by atoms with Crippen molar-refractivity contribution in [2.75, 3.05) is 24.2 Å². The first-order valence-electron chi connectivity index (χ1n) is 8.44. The zero-order valence-corrected chi connectivity index (χ0v) is 16.4. The number of anilines is 1.